The van der Waals surface area contributed by atoms with Gasteiger partial charge in [-0.3, -0.25) is 4.79 Å². The Morgan fingerprint density at radius 2 is 1.95 bits per heavy atom. The van der Waals surface area contributed by atoms with E-state index in [-0.39, 0.29) is 24.4 Å². The van der Waals surface area contributed by atoms with Gasteiger partial charge >= 0.3 is 0 Å². The third-order valence-corrected chi connectivity index (χ3v) is 5.78. The number of carbonyl (C=O) groups is 1. The van der Waals surface area contributed by atoms with E-state index in [0.717, 1.165) is 56.8 Å². The first-order valence-corrected chi connectivity index (χ1v) is 8.35. The second-order valence-electron chi connectivity index (χ2n) is 6.99. The van der Waals surface area contributed by atoms with Gasteiger partial charge in [-0.25, -0.2) is 0 Å². The Balaban J connectivity index is 0.00000161. The highest BCUT2D eigenvalue weighted by molar-refractivity contribution is 5.85. The molecule has 5 heteroatoms. The molecule has 4 nitrogen and oxygen atoms in total. The second-order valence-corrected chi connectivity index (χ2v) is 6.99. The maximum Gasteiger partial charge on any atom is 0.237 e. The van der Waals surface area contributed by atoms with Crippen molar-refractivity contribution in [2.24, 2.45) is 29.4 Å². The molecule has 3 N–H and O–H groups in total. The Morgan fingerprint density at radius 3 is 2.57 bits per heavy atom. The highest BCUT2D eigenvalue weighted by Crippen LogP contribution is 2.49. The van der Waals surface area contributed by atoms with Gasteiger partial charge in [-0.2, -0.15) is 0 Å². The first-order chi connectivity index (χ1) is 9.74. The van der Waals surface area contributed by atoms with E-state index in [0.29, 0.717) is 5.92 Å². The fourth-order valence-corrected chi connectivity index (χ4v) is 4.52. The monoisotopic (exact) mass is 316 g/mol. The molecular weight excluding hydrogens is 288 g/mol. The number of nitrogens with two attached hydrogens (primary N) is 1. The number of ether oxygens (including phenoxy) is 1. The molecule has 0 aromatic rings. The van der Waals surface area contributed by atoms with Gasteiger partial charge in [-0.1, -0.05) is 6.42 Å². The van der Waals surface area contributed by atoms with Crippen molar-refractivity contribution in [1.29, 1.82) is 0 Å². The summed E-state index contributed by atoms with van der Waals surface area (Å²) in [4.78, 5) is 12.1. The van der Waals surface area contributed by atoms with Gasteiger partial charge in [0.2, 0.25) is 5.91 Å². The third kappa shape index (κ3) is 4.11. The van der Waals surface area contributed by atoms with Crippen LogP contribution in [0.5, 0.6) is 0 Å². The zero-order chi connectivity index (χ0) is 13.9. The summed E-state index contributed by atoms with van der Waals surface area (Å²) in [7, 11) is 0. The number of fused-ring (bicyclic) bond motifs is 2. The lowest BCUT2D eigenvalue weighted by molar-refractivity contribution is -0.124. The molecule has 2 aliphatic carbocycles. The molecule has 0 radical (unpaired) electrons. The Morgan fingerprint density at radius 1 is 1.19 bits per heavy atom. The topological polar surface area (TPSA) is 64.4 Å². The summed E-state index contributed by atoms with van der Waals surface area (Å²) in [6.07, 6.45) is 8.69. The van der Waals surface area contributed by atoms with E-state index in [1.54, 1.807) is 0 Å². The van der Waals surface area contributed by atoms with Crippen molar-refractivity contribution in [2.75, 3.05) is 19.8 Å². The van der Waals surface area contributed by atoms with Gasteiger partial charge in [0.25, 0.3) is 0 Å². The SMILES string of the molecule is Cl.NC(C(=O)NCCC1CC2CCC1C2)C1CCOCC1. The number of amides is 1. The molecule has 1 amide bonds. The number of nitrogens with one attached hydrogen (secondary N) is 1. The normalized spacial score (nSPS) is 33.5. The zero-order valence-electron chi connectivity index (χ0n) is 12.8. The predicted octanol–water partition coefficient (Wildman–Crippen LogP) is 2.10. The van der Waals surface area contributed by atoms with E-state index >= 15 is 0 Å². The van der Waals surface area contributed by atoms with Crippen LogP contribution in [0.1, 0.15) is 44.9 Å². The minimum Gasteiger partial charge on any atom is -0.381 e. The van der Waals surface area contributed by atoms with Crippen LogP contribution >= 0.6 is 12.4 Å². The van der Waals surface area contributed by atoms with Crippen molar-refractivity contribution in [2.45, 2.75) is 51.0 Å². The summed E-state index contributed by atoms with van der Waals surface area (Å²) in [5.41, 5.74) is 6.08. The van der Waals surface area contributed by atoms with Gasteiger partial charge in [0, 0.05) is 19.8 Å². The summed E-state index contributed by atoms with van der Waals surface area (Å²) in [5.74, 6) is 3.13. The molecule has 21 heavy (non-hydrogen) atoms. The van der Waals surface area contributed by atoms with Gasteiger partial charge < -0.3 is 15.8 Å². The molecule has 0 aromatic carbocycles. The summed E-state index contributed by atoms with van der Waals surface area (Å²) in [6.45, 7) is 2.30. The fraction of sp³-hybridized carbons (Fsp3) is 0.938. The van der Waals surface area contributed by atoms with Crippen LogP contribution in [0.3, 0.4) is 0 Å². The molecule has 0 spiro atoms. The lowest BCUT2D eigenvalue weighted by Crippen LogP contribution is -2.47. The van der Waals surface area contributed by atoms with Gasteiger partial charge in [-0.15, -0.1) is 12.4 Å². The van der Waals surface area contributed by atoms with Crippen LogP contribution in [0.4, 0.5) is 0 Å². The van der Waals surface area contributed by atoms with Crippen LogP contribution in [-0.2, 0) is 9.53 Å². The van der Waals surface area contributed by atoms with Gasteiger partial charge in [0.05, 0.1) is 6.04 Å². The molecule has 4 unspecified atom stereocenters. The lowest BCUT2D eigenvalue weighted by atomic mass is 9.86. The Hall–Kier alpha value is -0.320. The van der Waals surface area contributed by atoms with Crippen LogP contribution < -0.4 is 11.1 Å². The fourth-order valence-electron chi connectivity index (χ4n) is 4.52. The van der Waals surface area contributed by atoms with E-state index < -0.39 is 0 Å². The number of halogens is 1. The molecule has 2 saturated carbocycles. The summed E-state index contributed by atoms with van der Waals surface area (Å²) in [5, 5.41) is 3.06. The molecule has 2 bridgehead atoms. The Bertz CT molecular complexity index is 347. The van der Waals surface area contributed by atoms with Crippen LogP contribution in [0, 0.1) is 23.7 Å². The first kappa shape index (κ1) is 17.0. The molecule has 3 aliphatic rings. The quantitative estimate of drug-likeness (QED) is 0.816. The average Bonchev–Trinajstić information content (AvgIpc) is 3.10. The van der Waals surface area contributed by atoms with E-state index in [1.807, 2.05) is 0 Å². The predicted molar refractivity (Wildman–Crippen MR) is 85.3 cm³/mol. The van der Waals surface area contributed by atoms with Crippen molar-refractivity contribution in [1.82, 2.24) is 5.32 Å². The highest BCUT2D eigenvalue weighted by Gasteiger charge is 2.38. The smallest absolute Gasteiger partial charge is 0.237 e. The Kier molecular flexibility index (Phi) is 6.33. The zero-order valence-corrected chi connectivity index (χ0v) is 13.6. The maximum atomic E-state index is 12.1. The van der Waals surface area contributed by atoms with E-state index in [1.165, 1.54) is 25.7 Å². The largest absolute Gasteiger partial charge is 0.381 e. The summed E-state index contributed by atoms with van der Waals surface area (Å²) < 4.78 is 5.32. The molecule has 3 fully saturated rings. The number of hydrogen-bond acceptors (Lipinski definition) is 3. The van der Waals surface area contributed by atoms with Crippen molar-refractivity contribution >= 4 is 18.3 Å². The highest BCUT2D eigenvalue weighted by atomic mass is 35.5. The van der Waals surface area contributed by atoms with E-state index in [2.05, 4.69) is 5.32 Å². The maximum absolute atomic E-state index is 12.1. The van der Waals surface area contributed by atoms with Gasteiger partial charge in [-0.05, 0) is 62.2 Å². The summed E-state index contributed by atoms with van der Waals surface area (Å²) in [6, 6.07) is -0.348. The molecule has 1 heterocycles. The molecular formula is C16H29ClN2O2. The standard InChI is InChI=1S/C16H28N2O2.ClH/c17-15(12-4-7-20-8-5-12)16(19)18-6-3-14-10-11-1-2-13(14)9-11;/h11-15H,1-10,17H2,(H,18,19);1H. The second kappa shape index (κ2) is 7.80. The molecule has 1 aliphatic heterocycles. The Labute approximate surface area is 134 Å². The van der Waals surface area contributed by atoms with Crippen LogP contribution in [0.25, 0.3) is 0 Å². The van der Waals surface area contributed by atoms with E-state index in [4.69, 9.17) is 10.5 Å². The summed E-state index contributed by atoms with van der Waals surface area (Å²) >= 11 is 0. The van der Waals surface area contributed by atoms with Gasteiger partial charge in [0.15, 0.2) is 0 Å². The molecule has 4 atom stereocenters. The van der Waals surface area contributed by atoms with Gasteiger partial charge in [0.1, 0.15) is 0 Å². The molecule has 0 aromatic heterocycles. The van der Waals surface area contributed by atoms with Crippen molar-refractivity contribution in [3.63, 3.8) is 0 Å². The molecule has 1 saturated heterocycles. The van der Waals surface area contributed by atoms with Crippen molar-refractivity contribution < 1.29 is 9.53 Å². The minimum absolute atomic E-state index is 0. The number of rotatable bonds is 5. The minimum atomic E-state index is -0.348. The van der Waals surface area contributed by atoms with Crippen LogP contribution in [-0.4, -0.2) is 31.7 Å². The molecule has 122 valence electrons. The number of carbonyl (C=O) groups excluding carboxylic acids is 1. The number of hydrogen-bond donors (Lipinski definition) is 2. The van der Waals surface area contributed by atoms with Crippen molar-refractivity contribution in [3.8, 4) is 0 Å². The van der Waals surface area contributed by atoms with Crippen LogP contribution in [0.2, 0.25) is 0 Å². The van der Waals surface area contributed by atoms with Crippen LogP contribution in [0.15, 0.2) is 0 Å². The average molecular weight is 317 g/mol. The van der Waals surface area contributed by atoms with E-state index in [9.17, 15) is 4.79 Å². The van der Waals surface area contributed by atoms with Crippen molar-refractivity contribution in [3.05, 3.63) is 0 Å². The lowest BCUT2D eigenvalue weighted by Gasteiger charge is -2.27. The third-order valence-electron chi connectivity index (χ3n) is 5.78. The molecule has 3 rings (SSSR count). The first-order valence-electron chi connectivity index (χ1n) is 8.35.